The summed E-state index contributed by atoms with van der Waals surface area (Å²) in [6, 6.07) is 10.7. The highest BCUT2D eigenvalue weighted by molar-refractivity contribution is 7.89. The third-order valence-corrected chi connectivity index (χ3v) is 6.94. The number of fused-ring (bicyclic) bond motifs is 1. The predicted octanol–water partition coefficient (Wildman–Crippen LogP) is 3.06. The summed E-state index contributed by atoms with van der Waals surface area (Å²) in [6.07, 6.45) is 1.72. The first kappa shape index (κ1) is 18.8. The fraction of sp³-hybridized carbons (Fsp3) is 0.350. The molecule has 8 heteroatoms. The fourth-order valence-electron chi connectivity index (χ4n) is 3.24. The van der Waals surface area contributed by atoms with Gasteiger partial charge in [-0.05, 0) is 55.2 Å². The first-order valence-electron chi connectivity index (χ1n) is 9.15. The third-order valence-electron chi connectivity index (χ3n) is 5.02. The van der Waals surface area contributed by atoms with Gasteiger partial charge in [-0.3, -0.25) is 0 Å². The van der Waals surface area contributed by atoms with E-state index in [2.05, 4.69) is 6.92 Å². The summed E-state index contributed by atoms with van der Waals surface area (Å²) < 4.78 is 42.8. The van der Waals surface area contributed by atoms with Crippen molar-refractivity contribution in [3.05, 3.63) is 48.0 Å². The smallest absolute Gasteiger partial charge is 0.343 e. The lowest BCUT2D eigenvalue weighted by atomic mass is 10.0. The zero-order valence-corrected chi connectivity index (χ0v) is 16.3. The van der Waals surface area contributed by atoms with Crippen molar-refractivity contribution in [2.24, 2.45) is 5.92 Å². The topological polar surface area (TPSA) is 82.1 Å². The van der Waals surface area contributed by atoms with Gasteiger partial charge in [0, 0.05) is 19.2 Å². The van der Waals surface area contributed by atoms with Crippen molar-refractivity contribution in [2.45, 2.75) is 24.7 Å². The number of rotatable bonds is 4. The number of sulfonamides is 1. The van der Waals surface area contributed by atoms with Crippen LogP contribution in [0.15, 0.2) is 47.4 Å². The van der Waals surface area contributed by atoms with Gasteiger partial charge in [0.25, 0.3) is 0 Å². The molecule has 2 aliphatic heterocycles. The van der Waals surface area contributed by atoms with Gasteiger partial charge in [-0.2, -0.15) is 4.31 Å². The standard InChI is InChI=1S/C20H21NO6S/c1-14-8-10-21(11-9-14)28(23,24)17-5-2-15(3-6-17)20(22)27-16-4-7-18-19(12-16)26-13-25-18/h2-7,12,14H,8-11,13H2,1H3. The second-order valence-electron chi connectivity index (χ2n) is 7.02. The Morgan fingerprint density at radius 2 is 1.71 bits per heavy atom. The average molecular weight is 403 g/mol. The van der Waals surface area contributed by atoms with Gasteiger partial charge in [-0.25, -0.2) is 13.2 Å². The predicted molar refractivity (Wildman–Crippen MR) is 101 cm³/mol. The zero-order chi connectivity index (χ0) is 19.7. The molecular weight excluding hydrogens is 382 g/mol. The highest BCUT2D eigenvalue weighted by Crippen LogP contribution is 2.35. The van der Waals surface area contributed by atoms with Crippen molar-refractivity contribution in [2.75, 3.05) is 19.9 Å². The number of ether oxygens (including phenoxy) is 3. The second-order valence-corrected chi connectivity index (χ2v) is 8.95. The normalized spacial score (nSPS) is 17.5. The van der Waals surface area contributed by atoms with Crippen molar-refractivity contribution in [1.29, 1.82) is 0 Å². The molecule has 2 aromatic carbocycles. The van der Waals surface area contributed by atoms with Crippen molar-refractivity contribution in [1.82, 2.24) is 4.31 Å². The maximum absolute atomic E-state index is 12.8. The summed E-state index contributed by atoms with van der Waals surface area (Å²) in [5.41, 5.74) is 0.267. The van der Waals surface area contributed by atoms with Crippen LogP contribution in [0, 0.1) is 5.92 Å². The Morgan fingerprint density at radius 3 is 2.43 bits per heavy atom. The van der Waals surface area contributed by atoms with Crippen molar-refractivity contribution >= 4 is 16.0 Å². The van der Waals surface area contributed by atoms with E-state index in [9.17, 15) is 13.2 Å². The van der Waals surface area contributed by atoms with Gasteiger partial charge in [0.05, 0.1) is 10.5 Å². The SMILES string of the molecule is CC1CCN(S(=O)(=O)c2ccc(C(=O)Oc3ccc4c(c3)OCO4)cc2)CC1. The van der Waals surface area contributed by atoms with Gasteiger partial charge in [-0.1, -0.05) is 6.92 Å². The maximum Gasteiger partial charge on any atom is 0.343 e. The van der Waals surface area contributed by atoms with E-state index < -0.39 is 16.0 Å². The molecule has 0 radical (unpaired) electrons. The molecule has 0 spiro atoms. The van der Waals surface area contributed by atoms with Gasteiger partial charge < -0.3 is 14.2 Å². The van der Waals surface area contributed by atoms with Gasteiger partial charge >= 0.3 is 5.97 Å². The summed E-state index contributed by atoms with van der Waals surface area (Å²) in [5.74, 6) is 1.41. The zero-order valence-electron chi connectivity index (χ0n) is 15.5. The van der Waals surface area contributed by atoms with Crippen molar-refractivity contribution < 1.29 is 27.4 Å². The van der Waals surface area contributed by atoms with E-state index in [4.69, 9.17) is 14.2 Å². The van der Waals surface area contributed by atoms with Gasteiger partial charge in [0.15, 0.2) is 11.5 Å². The second kappa shape index (κ2) is 7.44. The van der Waals surface area contributed by atoms with Crippen LogP contribution in [0.3, 0.4) is 0 Å². The van der Waals surface area contributed by atoms with Crippen molar-refractivity contribution in [3.8, 4) is 17.2 Å². The Labute approximate surface area is 163 Å². The molecule has 7 nitrogen and oxygen atoms in total. The molecule has 0 aliphatic carbocycles. The molecule has 0 unspecified atom stereocenters. The number of hydrogen-bond donors (Lipinski definition) is 0. The highest BCUT2D eigenvalue weighted by Gasteiger charge is 2.28. The van der Waals surface area contributed by atoms with Crippen LogP contribution in [-0.4, -0.2) is 38.6 Å². The van der Waals surface area contributed by atoms with Crippen LogP contribution < -0.4 is 14.2 Å². The Bertz CT molecular complexity index is 978. The van der Waals surface area contributed by atoms with E-state index in [1.165, 1.54) is 28.6 Å². The quantitative estimate of drug-likeness (QED) is 0.576. The number of esters is 1. The third kappa shape index (κ3) is 3.70. The molecule has 0 aromatic heterocycles. The molecule has 2 heterocycles. The monoisotopic (exact) mass is 403 g/mol. The van der Waals surface area contributed by atoms with E-state index in [1.54, 1.807) is 18.2 Å². The minimum absolute atomic E-state index is 0.137. The Hall–Kier alpha value is -2.58. The molecule has 0 saturated carbocycles. The van der Waals surface area contributed by atoms with Crippen LogP contribution in [-0.2, 0) is 10.0 Å². The van der Waals surface area contributed by atoms with Gasteiger partial charge in [-0.15, -0.1) is 0 Å². The lowest BCUT2D eigenvalue weighted by Crippen LogP contribution is -2.37. The molecule has 0 atom stereocenters. The highest BCUT2D eigenvalue weighted by atomic mass is 32.2. The average Bonchev–Trinajstić information content (AvgIpc) is 3.16. The van der Waals surface area contributed by atoms with Crippen molar-refractivity contribution in [3.63, 3.8) is 0 Å². The largest absolute Gasteiger partial charge is 0.454 e. The first-order valence-corrected chi connectivity index (χ1v) is 10.6. The molecule has 148 valence electrons. The molecular formula is C20H21NO6S. The number of benzene rings is 2. The number of hydrogen-bond acceptors (Lipinski definition) is 6. The molecule has 1 fully saturated rings. The van der Waals surface area contributed by atoms with E-state index in [0.29, 0.717) is 36.3 Å². The van der Waals surface area contributed by atoms with E-state index >= 15 is 0 Å². The van der Waals surface area contributed by atoms with Gasteiger partial charge in [0.2, 0.25) is 16.8 Å². The lowest BCUT2D eigenvalue weighted by Gasteiger charge is -2.29. The van der Waals surface area contributed by atoms with Crippen LogP contribution >= 0.6 is 0 Å². The fourth-order valence-corrected chi connectivity index (χ4v) is 4.71. The first-order chi connectivity index (χ1) is 13.4. The number of carbonyl (C=O) groups excluding carboxylic acids is 1. The summed E-state index contributed by atoms with van der Waals surface area (Å²) in [5, 5.41) is 0. The van der Waals surface area contributed by atoms with Crippen LogP contribution in [0.1, 0.15) is 30.1 Å². The van der Waals surface area contributed by atoms with Crippen LogP contribution in [0.2, 0.25) is 0 Å². The van der Waals surface area contributed by atoms with Crippen LogP contribution in [0.5, 0.6) is 17.2 Å². The molecule has 0 amide bonds. The van der Waals surface area contributed by atoms with Crippen LogP contribution in [0.4, 0.5) is 0 Å². The van der Waals surface area contributed by atoms with E-state index in [1.807, 2.05) is 0 Å². The number of piperidine rings is 1. The summed E-state index contributed by atoms with van der Waals surface area (Å²) >= 11 is 0. The van der Waals surface area contributed by atoms with E-state index in [0.717, 1.165) is 12.8 Å². The Kier molecular flexibility index (Phi) is 4.99. The minimum atomic E-state index is -3.54. The molecule has 2 aromatic rings. The molecule has 28 heavy (non-hydrogen) atoms. The summed E-state index contributed by atoms with van der Waals surface area (Å²) in [7, 11) is -3.54. The molecule has 2 aliphatic rings. The van der Waals surface area contributed by atoms with E-state index in [-0.39, 0.29) is 17.3 Å². The Morgan fingerprint density at radius 1 is 1.04 bits per heavy atom. The number of nitrogens with zero attached hydrogens (tertiary/aromatic N) is 1. The molecule has 1 saturated heterocycles. The Balaban J connectivity index is 1.46. The maximum atomic E-state index is 12.8. The summed E-state index contributed by atoms with van der Waals surface area (Å²) in [4.78, 5) is 12.5. The molecule has 0 N–H and O–H groups in total. The minimum Gasteiger partial charge on any atom is -0.454 e. The van der Waals surface area contributed by atoms with Gasteiger partial charge in [0.1, 0.15) is 5.75 Å². The number of carbonyl (C=O) groups is 1. The van der Waals surface area contributed by atoms with Crippen LogP contribution in [0.25, 0.3) is 0 Å². The summed E-state index contributed by atoms with van der Waals surface area (Å²) in [6.45, 7) is 3.32. The molecule has 4 rings (SSSR count). The lowest BCUT2D eigenvalue weighted by molar-refractivity contribution is 0.0734. The molecule has 0 bridgehead atoms.